The van der Waals surface area contributed by atoms with Gasteiger partial charge in [0.25, 0.3) is 5.91 Å². The molecule has 5 aromatic rings. The molecule has 0 saturated carbocycles. The Balaban J connectivity index is 1.35. The largest absolute Gasteiger partial charge is 0.496 e. The van der Waals surface area contributed by atoms with E-state index in [2.05, 4.69) is 25.8 Å². The Bertz CT molecular complexity index is 1630. The zero-order chi connectivity index (χ0) is 27.4. The van der Waals surface area contributed by atoms with Crippen LogP contribution in [0.25, 0.3) is 15.9 Å². The summed E-state index contributed by atoms with van der Waals surface area (Å²) in [6, 6.07) is 20.7. The van der Waals surface area contributed by atoms with Crippen molar-refractivity contribution in [2.24, 2.45) is 0 Å². The number of aromatic nitrogens is 4. The summed E-state index contributed by atoms with van der Waals surface area (Å²) in [6.45, 7) is 4.19. The first-order valence-electron chi connectivity index (χ1n) is 12.1. The third-order valence-electron chi connectivity index (χ3n) is 6.15. The van der Waals surface area contributed by atoms with Crippen molar-refractivity contribution >= 4 is 50.3 Å². The maximum Gasteiger partial charge on any atom is 0.255 e. The predicted molar refractivity (Wildman–Crippen MR) is 154 cm³/mol. The third kappa shape index (κ3) is 5.79. The Morgan fingerprint density at radius 1 is 1.00 bits per heavy atom. The van der Waals surface area contributed by atoms with Gasteiger partial charge in [-0.2, -0.15) is 0 Å². The van der Waals surface area contributed by atoms with Gasteiger partial charge in [0.05, 0.1) is 40.9 Å². The van der Waals surface area contributed by atoms with Crippen LogP contribution in [-0.2, 0) is 11.3 Å². The standard InChI is InChI=1S/C28H26N6O3S2/c1-17-9-8-12-21(18(17)2)34-24(15-29-26(36)19-10-4-6-13-22(19)37-3)32-33-28(34)38-16-25(35)31-27-30-20-11-5-7-14-23(20)39-27/h4-14H,15-16H2,1-3H3,(H,29,36)(H,30,31,35). The van der Waals surface area contributed by atoms with E-state index in [0.29, 0.717) is 27.4 Å². The fourth-order valence-electron chi connectivity index (χ4n) is 4.03. The Morgan fingerprint density at radius 3 is 2.62 bits per heavy atom. The van der Waals surface area contributed by atoms with Gasteiger partial charge < -0.3 is 15.4 Å². The van der Waals surface area contributed by atoms with E-state index in [4.69, 9.17) is 4.74 Å². The van der Waals surface area contributed by atoms with Crippen LogP contribution < -0.4 is 15.4 Å². The lowest BCUT2D eigenvalue weighted by Gasteiger charge is -2.15. The second-order valence-electron chi connectivity index (χ2n) is 8.66. The molecule has 39 heavy (non-hydrogen) atoms. The molecule has 0 saturated heterocycles. The highest BCUT2D eigenvalue weighted by atomic mass is 32.2. The SMILES string of the molecule is COc1ccccc1C(=O)NCc1nnc(SCC(=O)Nc2nc3ccccc3s2)n1-c1cccc(C)c1C. The number of aryl methyl sites for hydroxylation is 1. The first-order valence-corrected chi connectivity index (χ1v) is 13.9. The summed E-state index contributed by atoms with van der Waals surface area (Å²) in [5.41, 5.74) is 4.32. The van der Waals surface area contributed by atoms with Gasteiger partial charge in [-0.25, -0.2) is 4.98 Å². The van der Waals surface area contributed by atoms with Gasteiger partial charge in [0.2, 0.25) is 5.91 Å². The van der Waals surface area contributed by atoms with E-state index in [9.17, 15) is 9.59 Å². The summed E-state index contributed by atoms with van der Waals surface area (Å²) in [4.78, 5) is 30.2. The van der Waals surface area contributed by atoms with Crippen LogP contribution in [0.4, 0.5) is 5.13 Å². The van der Waals surface area contributed by atoms with Crippen LogP contribution >= 0.6 is 23.1 Å². The molecule has 0 aliphatic heterocycles. The summed E-state index contributed by atoms with van der Waals surface area (Å²) >= 11 is 2.70. The molecule has 0 fully saturated rings. The summed E-state index contributed by atoms with van der Waals surface area (Å²) in [6.07, 6.45) is 0. The maximum atomic E-state index is 12.9. The van der Waals surface area contributed by atoms with Crippen molar-refractivity contribution in [1.82, 2.24) is 25.1 Å². The van der Waals surface area contributed by atoms with Crippen LogP contribution in [0, 0.1) is 13.8 Å². The van der Waals surface area contributed by atoms with Gasteiger partial charge in [-0.15, -0.1) is 10.2 Å². The van der Waals surface area contributed by atoms with E-state index in [1.807, 2.05) is 66.9 Å². The second-order valence-corrected chi connectivity index (χ2v) is 10.6. The molecule has 0 spiro atoms. The average molecular weight is 559 g/mol. The summed E-state index contributed by atoms with van der Waals surface area (Å²) < 4.78 is 8.22. The molecule has 0 atom stereocenters. The van der Waals surface area contributed by atoms with Crippen LogP contribution in [-0.4, -0.2) is 44.4 Å². The van der Waals surface area contributed by atoms with E-state index >= 15 is 0 Å². The number of ether oxygens (including phenoxy) is 1. The molecule has 2 heterocycles. The lowest BCUT2D eigenvalue weighted by atomic mass is 10.1. The summed E-state index contributed by atoms with van der Waals surface area (Å²) in [5, 5.41) is 15.6. The van der Waals surface area contributed by atoms with Gasteiger partial charge in [0.15, 0.2) is 16.1 Å². The molecule has 198 valence electrons. The van der Waals surface area contributed by atoms with Crippen LogP contribution in [0.1, 0.15) is 27.3 Å². The molecule has 9 nitrogen and oxygen atoms in total. The van der Waals surface area contributed by atoms with Crippen molar-refractivity contribution in [3.63, 3.8) is 0 Å². The molecule has 0 aliphatic carbocycles. The van der Waals surface area contributed by atoms with Gasteiger partial charge in [-0.3, -0.25) is 14.2 Å². The van der Waals surface area contributed by atoms with Crippen molar-refractivity contribution < 1.29 is 14.3 Å². The van der Waals surface area contributed by atoms with E-state index in [1.165, 1.54) is 30.2 Å². The Hall–Kier alpha value is -4.22. The molecule has 0 bridgehead atoms. The molecule has 5 rings (SSSR count). The van der Waals surface area contributed by atoms with E-state index in [-0.39, 0.29) is 24.1 Å². The van der Waals surface area contributed by atoms with Gasteiger partial charge in [0, 0.05) is 0 Å². The molecule has 11 heteroatoms. The molecule has 0 aliphatic rings. The average Bonchev–Trinajstić information content (AvgIpc) is 3.55. The molecular weight excluding hydrogens is 532 g/mol. The monoisotopic (exact) mass is 558 g/mol. The normalized spacial score (nSPS) is 10.9. The first kappa shape index (κ1) is 26.4. The van der Waals surface area contributed by atoms with E-state index in [1.54, 1.807) is 18.2 Å². The van der Waals surface area contributed by atoms with Gasteiger partial charge in [-0.1, -0.05) is 59.5 Å². The molecular formula is C28H26N6O3S2. The minimum atomic E-state index is -0.285. The number of carbonyl (C=O) groups excluding carboxylic acids is 2. The van der Waals surface area contributed by atoms with Crippen LogP contribution in [0.15, 0.2) is 71.9 Å². The number of hydrogen-bond acceptors (Lipinski definition) is 8. The fraction of sp³-hybridized carbons (Fsp3) is 0.179. The number of thioether (sulfide) groups is 1. The van der Waals surface area contributed by atoms with Crippen molar-refractivity contribution in [2.45, 2.75) is 25.5 Å². The lowest BCUT2D eigenvalue weighted by Crippen LogP contribution is -2.25. The Labute approximate surface area is 233 Å². The molecule has 0 unspecified atom stereocenters. The number of thiazole rings is 1. The number of carbonyl (C=O) groups is 2. The maximum absolute atomic E-state index is 12.9. The molecule has 3 aromatic carbocycles. The lowest BCUT2D eigenvalue weighted by molar-refractivity contribution is -0.113. The van der Waals surface area contributed by atoms with E-state index < -0.39 is 0 Å². The third-order valence-corrected chi connectivity index (χ3v) is 8.03. The highest BCUT2D eigenvalue weighted by molar-refractivity contribution is 7.99. The highest BCUT2D eigenvalue weighted by Crippen LogP contribution is 2.28. The second kappa shape index (κ2) is 11.7. The van der Waals surface area contributed by atoms with Gasteiger partial charge >= 0.3 is 0 Å². The number of anilines is 1. The number of nitrogens with one attached hydrogen (secondary N) is 2. The first-order chi connectivity index (χ1) is 18.9. The van der Waals surface area contributed by atoms with Crippen LogP contribution in [0.2, 0.25) is 0 Å². The van der Waals surface area contributed by atoms with Crippen molar-refractivity contribution in [3.05, 3.63) is 89.2 Å². The Kier molecular flexibility index (Phi) is 7.89. The number of rotatable bonds is 9. The number of benzene rings is 3. The molecule has 0 radical (unpaired) electrons. The zero-order valence-electron chi connectivity index (χ0n) is 21.6. The van der Waals surface area contributed by atoms with Gasteiger partial charge in [0.1, 0.15) is 5.75 Å². The fourth-order valence-corrected chi connectivity index (χ4v) is 5.67. The topological polar surface area (TPSA) is 111 Å². The molecule has 2 N–H and O–H groups in total. The zero-order valence-corrected chi connectivity index (χ0v) is 23.2. The number of fused-ring (bicyclic) bond motifs is 1. The van der Waals surface area contributed by atoms with Gasteiger partial charge in [-0.05, 0) is 55.3 Å². The molecule has 2 amide bonds. The Morgan fingerprint density at radius 2 is 1.79 bits per heavy atom. The number of para-hydroxylation sites is 2. The van der Waals surface area contributed by atoms with E-state index in [0.717, 1.165) is 27.0 Å². The summed E-state index contributed by atoms with van der Waals surface area (Å²) in [7, 11) is 1.53. The number of methoxy groups -OCH3 is 1. The van der Waals surface area contributed by atoms with Crippen LogP contribution in [0.5, 0.6) is 5.75 Å². The minimum Gasteiger partial charge on any atom is -0.496 e. The number of hydrogen-bond donors (Lipinski definition) is 2. The minimum absolute atomic E-state index is 0.118. The number of amides is 2. The number of nitrogens with zero attached hydrogens (tertiary/aromatic N) is 4. The predicted octanol–water partition coefficient (Wildman–Crippen LogP) is 5.16. The highest BCUT2D eigenvalue weighted by Gasteiger charge is 2.20. The quantitative estimate of drug-likeness (QED) is 0.240. The summed E-state index contributed by atoms with van der Waals surface area (Å²) in [5.74, 6) is 0.669. The smallest absolute Gasteiger partial charge is 0.255 e. The van der Waals surface area contributed by atoms with Crippen molar-refractivity contribution in [2.75, 3.05) is 18.2 Å². The van der Waals surface area contributed by atoms with Crippen LogP contribution in [0.3, 0.4) is 0 Å². The molecule has 2 aromatic heterocycles. The van der Waals surface area contributed by atoms with Crippen molar-refractivity contribution in [3.8, 4) is 11.4 Å². The van der Waals surface area contributed by atoms with Crippen molar-refractivity contribution in [1.29, 1.82) is 0 Å².